The second-order valence-electron chi connectivity index (χ2n) is 7.04. The SMILES string of the molecule is CC(C)c1ccc(N=c2scc(-c3cccs3)n2N=Cc2ccc(O)cc2O)cc1. The van der Waals surface area contributed by atoms with Crippen molar-refractivity contribution in [3.63, 3.8) is 0 Å². The smallest absolute Gasteiger partial charge is 0.211 e. The monoisotopic (exact) mass is 435 g/mol. The van der Waals surface area contributed by atoms with Gasteiger partial charge in [0.25, 0.3) is 0 Å². The molecule has 2 heterocycles. The van der Waals surface area contributed by atoms with Gasteiger partial charge in [-0.15, -0.1) is 22.7 Å². The Hall–Kier alpha value is -3.16. The molecule has 0 saturated carbocycles. The van der Waals surface area contributed by atoms with Crippen LogP contribution in [0.1, 0.15) is 30.9 Å². The Kier molecular flexibility index (Phi) is 5.83. The molecule has 152 valence electrons. The van der Waals surface area contributed by atoms with Gasteiger partial charge in [0.2, 0.25) is 4.80 Å². The average molecular weight is 436 g/mol. The van der Waals surface area contributed by atoms with Gasteiger partial charge in [0.1, 0.15) is 11.5 Å². The molecule has 0 radical (unpaired) electrons. The second kappa shape index (κ2) is 8.69. The van der Waals surface area contributed by atoms with Crippen molar-refractivity contribution in [1.82, 2.24) is 4.68 Å². The first-order valence-corrected chi connectivity index (χ1v) is 11.2. The minimum atomic E-state index is -0.0324. The van der Waals surface area contributed by atoms with E-state index in [4.69, 9.17) is 4.99 Å². The highest BCUT2D eigenvalue weighted by molar-refractivity contribution is 7.14. The van der Waals surface area contributed by atoms with E-state index in [1.54, 1.807) is 28.3 Å². The Morgan fingerprint density at radius 2 is 1.80 bits per heavy atom. The number of thiophene rings is 1. The summed E-state index contributed by atoms with van der Waals surface area (Å²) in [5.41, 5.74) is 3.57. The highest BCUT2D eigenvalue weighted by atomic mass is 32.1. The average Bonchev–Trinajstić information content (AvgIpc) is 3.38. The Balaban J connectivity index is 1.79. The molecular weight excluding hydrogens is 414 g/mol. The summed E-state index contributed by atoms with van der Waals surface area (Å²) in [5, 5.41) is 28.2. The van der Waals surface area contributed by atoms with E-state index in [-0.39, 0.29) is 11.5 Å². The van der Waals surface area contributed by atoms with Crippen molar-refractivity contribution >= 4 is 34.6 Å². The molecule has 0 atom stereocenters. The largest absolute Gasteiger partial charge is 0.508 e. The van der Waals surface area contributed by atoms with Gasteiger partial charge in [-0.05, 0) is 47.2 Å². The molecule has 0 spiro atoms. The standard InChI is InChI=1S/C23H21N3O2S2/c1-15(2)16-5-8-18(9-6-16)25-23-26(20(14-30-23)22-4-3-11-29-22)24-13-17-7-10-19(27)12-21(17)28/h3-15,27-28H,1-2H3. The fraction of sp³-hybridized carbons (Fsp3) is 0.130. The lowest BCUT2D eigenvalue weighted by Gasteiger charge is -2.05. The van der Waals surface area contributed by atoms with Crippen molar-refractivity contribution in [2.24, 2.45) is 10.1 Å². The highest BCUT2D eigenvalue weighted by Crippen LogP contribution is 2.26. The molecule has 2 N–H and O–H groups in total. The van der Waals surface area contributed by atoms with Crippen molar-refractivity contribution in [2.45, 2.75) is 19.8 Å². The molecule has 0 saturated heterocycles. The predicted molar refractivity (Wildman–Crippen MR) is 124 cm³/mol. The number of aromatic nitrogens is 1. The lowest BCUT2D eigenvalue weighted by Crippen LogP contribution is -2.11. The van der Waals surface area contributed by atoms with E-state index in [1.165, 1.54) is 29.0 Å². The van der Waals surface area contributed by atoms with Gasteiger partial charge in [-0.1, -0.05) is 32.0 Å². The van der Waals surface area contributed by atoms with Crippen LogP contribution in [0.5, 0.6) is 11.5 Å². The number of nitrogens with zero attached hydrogens (tertiary/aromatic N) is 3. The van der Waals surface area contributed by atoms with E-state index in [0.29, 0.717) is 11.5 Å². The molecule has 30 heavy (non-hydrogen) atoms. The normalized spacial score (nSPS) is 12.3. The van der Waals surface area contributed by atoms with Crippen LogP contribution < -0.4 is 4.80 Å². The lowest BCUT2D eigenvalue weighted by molar-refractivity contribution is 0.450. The van der Waals surface area contributed by atoms with Gasteiger partial charge >= 0.3 is 0 Å². The third-order valence-corrected chi connectivity index (χ3v) is 6.28. The maximum Gasteiger partial charge on any atom is 0.211 e. The fourth-order valence-electron chi connectivity index (χ4n) is 2.89. The lowest BCUT2D eigenvalue weighted by atomic mass is 10.0. The summed E-state index contributed by atoms with van der Waals surface area (Å²) in [6, 6.07) is 16.7. The maximum absolute atomic E-state index is 10.1. The van der Waals surface area contributed by atoms with Gasteiger partial charge in [-0.25, -0.2) is 9.67 Å². The topological polar surface area (TPSA) is 70.1 Å². The van der Waals surface area contributed by atoms with Crippen molar-refractivity contribution in [1.29, 1.82) is 0 Å². The van der Waals surface area contributed by atoms with Crippen LogP contribution in [-0.2, 0) is 0 Å². The van der Waals surface area contributed by atoms with Crippen LogP contribution in [0.2, 0.25) is 0 Å². The van der Waals surface area contributed by atoms with Crippen LogP contribution in [-0.4, -0.2) is 21.1 Å². The summed E-state index contributed by atoms with van der Waals surface area (Å²) in [6.07, 6.45) is 1.57. The predicted octanol–water partition coefficient (Wildman–Crippen LogP) is 5.93. The van der Waals surface area contributed by atoms with Gasteiger partial charge in [-0.3, -0.25) is 0 Å². The van der Waals surface area contributed by atoms with E-state index in [9.17, 15) is 10.2 Å². The highest BCUT2D eigenvalue weighted by Gasteiger charge is 2.09. The minimum absolute atomic E-state index is 0.00708. The van der Waals surface area contributed by atoms with Gasteiger partial charge in [0, 0.05) is 17.0 Å². The molecule has 7 heteroatoms. The van der Waals surface area contributed by atoms with E-state index < -0.39 is 0 Å². The molecule has 0 aliphatic rings. The number of aromatic hydroxyl groups is 2. The number of hydrogen-bond donors (Lipinski definition) is 2. The van der Waals surface area contributed by atoms with Crippen LogP contribution in [0.15, 0.2) is 75.5 Å². The van der Waals surface area contributed by atoms with Crippen molar-refractivity contribution in [3.8, 4) is 22.1 Å². The number of benzene rings is 2. The first kappa shape index (κ1) is 20.1. The number of rotatable bonds is 5. The Morgan fingerprint density at radius 3 is 2.47 bits per heavy atom. The van der Waals surface area contributed by atoms with E-state index in [0.717, 1.165) is 21.1 Å². The number of phenols is 2. The minimum Gasteiger partial charge on any atom is -0.508 e. The van der Waals surface area contributed by atoms with Crippen LogP contribution in [0.3, 0.4) is 0 Å². The third kappa shape index (κ3) is 4.37. The maximum atomic E-state index is 10.1. The van der Waals surface area contributed by atoms with Gasteiger partial charge < -0.3 is 10.2 Å². The molecule has 0 aliphatic heterocycles. The molecule has 0 fully saturated rings. The Labute approximate surface area is 182 Å². The summed E-state index contributed by atoms with van der Waals surface area (Å²) >= 11 is 3.14. The van der Waals surface area contributed by atoms with Crippen LogP contribution in [0.4, 0.5) is 5.69 Å². The van der Waals surface area contributed by atoms with Crippen molar-refractivity contribution in [2.75, 3.05) is 0 Å². The fourth-order valence-corrected chi connectivity index (χ4v) is 4.54. The molecular formula is C23H21N3O2S2. The van der Waals surface area contributed by atoms with Gasteiger partial charge in [-0.2, -0.15) is 5.10 Å². The number of phenolic OH excluding ortho intramolecular Hbond substituents is 2. The zero-order valence-corrected chi connectivity index (χ0v) is 18.2. The first-order chi connectivity index (χ1) is 14.5. The molecule has 2 aromatic heterocycles. The molecule has 0 aliphatic carbocycles. The summed E-state index contributed by atoms with van der Waals surface area (Å²) in [6.45, 7) is 4.33. The van der Waals surface area contributed by atoms with Gasteiger partial charge in [0.15, 0.2) is 0 Å². The van der Waals surface area contributed by atoms with E-state index >= 15 is 0 Å². The Morgan fingerprint density at radius 1 is 1.00 bits per heavy atom. The molecule has 0 bridgehead atoms. The summed E-state index contributed by atoms with van der Waals surface area (Å²) in [4.78, 5) is 6.60. The molecule has 4 rings (SSSR count). The van der Waals surface area contributed by atoms with Crippen molar-refractivity contribution < 1.29 is 10.2 Å². The van der Waals surface area contributed by atoms with E-state index in [1.807, 2.05) is 35.0 Å². The van der Waals surface area contributed by atoms with Gasteiger partial charge in [0.05, 0.1) is 22.5 Å². The molecule has 2 aromatic carbocycles. The second-order valence-corrected chi connectivity index (χ2v) is 8.82. The molecule has 4 aromatic rings. The van der Waals surface area contributed by atoms with Crippen LogP contribution >= 0.6 is 22.7 Å². The zero-order valence-electron chi connectivity index (χ0n) is 16.6. The summed E-state index contributed by atoms with van der Waals surface area (Å²) < 4.78 is 1.78. The third-order valence-electron chi connectivity index (χ3n) is 4.57. The zero-order chi connectivity index (χ0) is 21.1. The summed E-state index contributed by atoms with van der Waals surface area (Å²) in [5.74, 6) is 0.446. The van der Waals surface area contributed by atoms with Crippen molar-refractivity contribution in [3.05, 3.63) is 81.3 Å². The summed E-state index contributed by atoms with van der Waals surface area (Å²) in [7, 11) is 0. The van der Waals surface area contributed by atoms with Crippen LogP contribution in [0, 0.1) is 0 Å². The molecule has 5 nitrogen and oxygen atoms in total. The number of thiazole rings is 1. The first-order valence-electron chi connectivity index (χ1n) is 9.46. The Bertz CT molecular complexity index is 1230. The molecule has 0 amide bonds. The number of hydrogen-bond acceptors (Lipinski definition) is 6. The molecule has 0 unspecified atom stereocenters. The van der Waals surface area contributed by atoms with Crippen LogP contribution in [0.25, 0.3) is 10.6 Å². The van der Waals surface area contributed by atoms with E-state index in [2.05, 4.69) is 31.1 Å². The quantitative estimate of drug-likeness (QED) is 0.382.